The van der Waals surface area contributed by atoms with Gasteiger partial charge in [0.2, 0.25) is 5.91 Å². The van der Waals surface area contributed by atoms with E-state index in [-0.39, 0.29) is 0 Å². The van der Waals surface area contributed by atoms with Gasteiger partial charge >= 0.3 is 0 Å². The number of aliphatic hydroxyl groups excluding tert-OH is 4. The lowest BCUT2D eigenvalue weighted by Crippen LogP contribution is -2.53. The summed E-state index contributed by atoms with van der Waals surface area (Å²) >= 11 is 0. The molecule has 0 aromatic heterocycles. The fourth-order valence-electron chi connectivity index (χ4n) is 7.39. The van der Waals surface area contributed by atoms with Gasteiger partial charge in [0.15, 0.2) is 0 Å². The highest BCUT2D eigenvalue weighted by Crippen LogP contribution is 2.17. The average molecular weight is 776 g/mol. The van der Waals surface area contributed by atoms with Crippen LogP contribution in [-0.2, 0) is 4.79 Å². The van der Waals surface area contributed by atoms with Gasteiger partial charge < -0.3 is 25.7 Å². The molecule has 5 N–H and O–H groups in total. The lowest BCUT2D eigenvalue weighted by molar-refractivity contribution is -0.132. The van der Waals surface area contributed by atoms with Crippen LogP contribution in [-0.4, -0.2) is 57.3 Å². The molecule has 0 rings (SSSR count). The minimum atomic E-state index is -1.29. The monoisotopic (exact) mass is 776 g/mol. The smallest absolute Gasteiger partial charge is 0.249 e. The van der Waals surface area contributed by atoms with E-state index in [1.165, 1.54) is 154 Å². The number of nitrogens with one attached hydrogen (secondary N) is 1. The molecular weight excluding hydrogens is 683 g/mol. The Kier molecular flexibility index (Phi) is 42.5. The normalized spacial score (nSPS) is 14.4. The first-order chi connectivity index (χ1) is 27.0. The van der Waals surface area contributed by atoms with Gasteiger partial charge in [-0.05, 0) is 58.3 Å². The molecule has 4 atom stereocenters. The van der Waals surface area contributed by atoms with E-state index in [1.54, 1.807) is 0 Å². The number of amides is 1. The Balaban J connectivity index is 3.62. The van der Waals surface area contributed by atoms with E-state index >= 15 is 0 Å². The zero-order valence-electron chi connectivity index (χ0n) is 36.4. The van der Waals surface area contributed by atoms with Gasteiger partial charge in [0, 0.05) is 0 Å². The zero-order valence-corrected chi connectivity index (χ0v) is 36.4. The van der Waals surface area contributed by atoms with Gasteiger partial charge in [-0.1, -0.05) is 217 Å². The first-order valence-corrected chi connectivity index (χ1v) is 23.8. The lowest BCUT2D eigenvalue weighted by atomic mass is 10.00. The summed E-state index contributed by atoms with van der Waals surface area (Å²) in [6, 6.07) is -1.01. The molecule has 6 nitrogen and oxygen atoms in total. The summed E-state index contributed by atoms with van der Waals surface area (Å²) in [5, 5.41) is 43.6. The maximum absolute atomic E-state index is 12.5. The number of hydrogen-bond donors (Lipinski definition) is 5. The molecule has 324 valence electrons. The lowest BCUT2D eigenvalue weighted by Gasteiger charge is -2.27. The van der Waals surface area contributed by atoms with Crippen molar-refractivity contribution < 1.29 is 25.2 Å². The van der Waals surface area contributed by atoms with Crippen molar-refractivity contribution in [3.8, 4) is 0 Å². The van der Waals surface area contributed by atoms with Gasteiger partial charge in [-0.25, -0.2) is 0 Å². The highest BCUT2D eigenvalue weighted by molar-refractivity contribution is 5.80. The van der Waals surface area contributed by atoms with Crippen molar-refractivity contribution in [2.45, 2.75) is 263 Å². The van der Waals surface area contributed by atoms with E-state index in [0.29, 0.717) is 19.3 Å². The van der Waals surface area contributed by atoms with Crippen LogP contribution in [0.25, 0.3) is 0 Å². The molecule has 0 fully saturated rings. The SMILES string of the molecule is C/C=C/CC/C=C/CC/C=C/CCCC(O)C(O)C(CO)NC(=O)C(O)CCCCCCCCCCCCCCCCCCCCCCCCCCCCC. The second-order valence-electron chi connectivity index (χ2n) is 16.4. The summed E-state index contributed by atoms with van der Waals surface area (Å²) < 4.78 is 0. The molecule has 0 spiro atoms. The molecule has 0 aliphatic carbocycles. The van der Waals surface area contributed by atoms with E-state index < -0.39 is 36.9 Å². The van der Waals surface area contributed by atoms with Gasteiger partial charge in [-0.3, -0.25) is 4.79 Å². The van der Waals surface area contributed by atoms with Crippen molar-refractivity contribution in [1.29, 1.82) is 0 Å². The fraction of sp³-hybridized carbons (Fsp3) is 0.857. The number of unbranched alkanes of at least 4 members (excludes halogenated alkanes) is 29. The molecule has 55 heavy (non-hydrogen) atoms. The summed E-state index contributed by atoms with van der Waals surface area (Å²) in [5.41, 5.74) is 0. The van der Waals surface area contributed by atoms with Crippen molar-refractivity contribution in [1.82, 2.24) is 5.32 Å². The molecule has 4 unspecified atom stereocenters. The summed E-state index contributed by atoms with van der Waals surface area (Å²) in [6.07, 6.45) is 52.2. The second kappa shape index (κ2) is 43.6. The van der Waals surface area contributed by atoms with Crippen LogP contribution in [0.3, 0.4) is 0 Å². The van der Waals surface area contributed by atoms with Gasteiger partial charge in [0.1, 0.15) is 12.2 Å². The van der Waals surface area contributed by atoms with Crippen LogP contribution in [0.4, 0.5) is 0 Å². The average Bonchev–Trinajstić information content (AvgIpc) is 3.19. The van der Waals surface area contributed by atoms with E-state index in [9.17, 15) is 25.2 Å². The van der Waals surface area contributed by atoms with Gasteiger partial charge in [0.05, 0.1) is 18.8 Å². The molecule has 0 radical (unpaired) electrons. The first-order valence-electron chi connectivity index (χ1n) is 23.8. The van der Waals surface area contributed by atoms with Gasteiger partial charge in [-0.2, -0.15) is 0 Å². The van der Waals surface area contributed by atoms with Gasteiger partial charge in [-0.15, -0.1) is 0 Å². The molecular formula is C49H93NO5. The highest BCUT2D eigenvalue weighted by Gasteiger charge is 2.28. The predicted octanol–water partition coefficient (Wildman–Crippen LogP) is 12.9. The van der Waals surface area contributed by atoms with Crippen LogP contribution >= 0.6 is 0 Å². The Hall–Kier alpha value is -1.47. The van der Waals surface area contributed by atoms with Crippen LogP contribution in [0.1, 0.15) is 239 Å². The number of allylic oxidation sites excluding steroid dienone is 6. The highest BCUT2D eigenvalue weighted by atomic mass is 16.3. The zero-order chi connectivity index (χ0) is 40.3. The Morgan fingerprint density at radius 2 is 0.818 bits per heavy atom. The standard InChI is InChI=1S/C49H93NO5/c1-3-5-7-9-11-13-15-17-18-19-20-21-22-23-24-25-26-27-28-29-30-31-33-35-37-39-41-43-47(53)49(55)50-45(44-51)48(54)46(52)42-40-38-36-34-32-16-14-12-10-8-6-4-2/h4,6,12,14,34,36,45-48,51-54H,3,5,7-11,13,15-33,35,37-44H2,1-2H3,(H,50,55)/b6-4+,14-12+,36-34+. The molecule has 0 saturated carbocycles. The third-order valence-corrected chi connectivity index (χ3v) is 11.2. The van der Waals surface area contributed by atoms with E-state index in [4.69, 9.17) is 0 Å². The number of rotatable bonds is 43. The van der Waals surface area contributed by atoms with Crippen molar-refractivity contribution >= 4 is 5.91 Å². The molecule has 0 bridgehead atoms. The van der Waals surface area contributed by atoms with Crippen molar-refractivity contribution in [3.05, 3.63) is 36.5 Å². The molecule has 0 aliphatic rings. The van der Waals surface area contributed by atoms with Crippen LogP contribution < -0.4 is 5.32 Å². The van der Waals surface area contributed by atoms with E-state index in [0.717, 1.165) is 51.4 Å². The van der Waals surface area contributed by atoms with Crippen LogP contribution in [0, 0.1) is 0 Å². The van der Waals surface area contributed by atoms with Crippen molar-refractivity contribution in [3.63, 3.8) is 0 Å². The first kappa shape index (κ1) is 53.5. The second-order valence-corrected chi connectivity index (χ2v) is 16.4. The van der Waals surface area contributed by atoms with Crippen LogP contribution in [0.15, 0.2) is 36.5 Å². The predicted molar refractivity (Wildman–Crippen MR) is 237 cm³/mol. The Labute approximate surface area is 341 Å². The van der Waals surface area contributed by atoms with E-state index in [1.807, 2.05) is 6.92 Å². The molecule has 6 heteroatoms. The summed E-state index contributed by atoms with van der Waals surface area (Å²) in [5.74, 6) is -0.598. The summed E-state index contributed by atoms with van der Waals surface area (Å²) in [6.45, 7) is 3.83. The quantitative estimate of drug-likeness (QED) is 0.0313. The molecule has 0 aromatic carbocycles. The van der Waals surface area contributed by atoms with Crippen LogP contribution in [0.2, 0.25) is 0 Å². The summed E-state index contributed by atoms with van der Waals surface area (Å²) in [7, 11) is 0. The maximum atomic E-state index is 12.5. The molecule has 0 saturated heterocycles. The Morgan fingerprint density at radius 1 is 0.473 bits per heavy atom. The van der Waals surface area contributed by atoms with Gasteiger partial charge in [0.25, 0.3) is 0 Å². The van der Waals surface area contributed by atoms with Crippen molar-refractivity contribution in [2.24, 2.45) is 0 Å². The fourth-order valence-corrected chi connectivity index (χ4v) is 7.39. The number of carbonyl (C=O) groups is 1. The molecule has 0 aromatic rings. The third-order valence-electron chi connectivity index (χ3n) is 11.2. The maximum Gasteiger partial charge on any atom is 0.249 e. The molecule has 1 amide bonds. The van der Waals surface area contributed by atoms with Crippen molar-refractivity contribution in [2.75, 3.05) is 6.61 Å². The minimum absolute atomic E-state index is 0.361. The molecule has 0 heterocycles. The van der Waals surface area contributed by atoms with E-state index in [2.05, 4.69) is 48.7 Å². The Bertz CT molecular complexity index is 873. The third kappa shape index (κ3) is 37.8. The number of hydrogen-bond acceptors (Lipinski definition) is 5. The Morgan fingerprint density at radius 3 is 1.18 bits per heavy atom. The number of carbonyl (C=O) groups excluding carboxylic acids is 1. The molecule has 0 aliphatic heterocycles. The number of aliphatic hydroxyl groups is 4. The topological polar surface area (TPSA) is 110 Å². The largest absolute Gasteiger partial charge is 0.394 e. The summed E-state index contributed by atoms with van der Waals surface area (Å²) in [4.78, 5) is 12.5. The minimum Gasteiger partial charge on any atom is -0.394 e. The van der Waals surface area contributed by atoms with Crippen LogP contribution in [0.5, 0.6) is 0 Å².